The summed E-state index contributed by atoms with van der Waals surface area (Å²) < 4.78 is 0. The second kappa shape index (κ2) is 7.78. The van der Waals surface area contributed by atoms with Crippen LogP contribution in [0.4, 0.5) is 0 Å². The summed E-state index contributed by atoms with van der Waals surface area (Å²) in [6, 6.07) is 0.829. The Balaban J connectivity index is 1.87. The number of aliphatic carboxylic acids is 1. The van der Waals surface area contributed by atoms with Gasteiger partial charge in [-0.25, -0.2) is 0 Å². The predicted octanol–water partition coefficient (Wildman–Crippen LogP) is 2.11. The fourth-order valence-electron chi connectivity index (χ4n) is 3.37. The zero-order valence-corrected chi connectivity index (χ0v) is 13.1. The number of carboxylic acid groups (broad SMARTS) is 1. The maximum absolute atomic E-state index is 12.6. The molecule has 0 spiro atoms. The van der Waals surface area contributed by atoms with E-state index >= 15 is 0 Å². The van der Waals surface area contributed by atoms with Crippen molar-refractivity contribution in [2.45, 2.75) is 70.4 Å². The molecule has 2 fully saturated rings. The molecule has 0 saturated heterocycles. The van der Waals surface area contributed by atoms with Gasteiger partial charge in [0.2, 0.25) is 5.91 Å². The summed E-state index contributed by atoms with van der Waals surface area (Å²) in [7, 11) is 0. The van der Waals surface area contributed by atoms with Crippen molar-refractivity contribution in [3.8, 4) is 0 Å². The largest absolute Gasteiger partial charge is 0.481 e. The molecule has 2 saturated carbocycles. The van der Waals surface area contributed by atoms with Crippen molar-refractivity contribution in [1.82, 2.24) is 9.80 Å². The van der Waals surface area contributed by atoms with Gasteiger partial charge in [0.1, 0.15) is 0 Å². The van der Waals surface area contributed by atoms with E-state index in [1.807, 2.05) is 11.8 Å². The predicted molar refractivity (Wildman–Crippen MR) is 81.1 cm³/mol. The van der Waals surface area contributed by atoms with E-state index in [4.69, 9.17) is 5.11 Å². The number of carbonyl (C=O) groups excluding carboxylic acids is 1. The molecule has 21 heavy (non-hydrogen) atoms. The molecule has 1 N–H and O–H groups in total. The van der Waals surface area contributed by atoms with Gasteiger partial charge < -0.3 is 10.0 Å². The summed E-state index contributed by atoms with van der Waals surface area (Å²) >= 11 is 0. The average Bonchev–Trinajstić information content (AvgIpc) is 3.30. The van der Waals surface area contributed by atoms with E-state index in [0.29, 0.717) is 25.2 Å². The molecule has 0 unspecified atom stereocenters. The number of carbonyl (C=O) groups is 2. The van der Waals surface area contributed by atoms with E-state index in [1.165, 1.54) is 19.3 Å². The monoisotopic (exact) mass is 296 g/mol. The fraction of sp³-hybridized carbons (Fsp3) is 0.875. The zero-order chi connectivity index (χ0) is 15.2. The number of hydrogen-bond donors (Lipinski definition) is 1. The molecule has 2 rings (SSSR count). The SMILES string of the molecule is CCN(C(=O)CN(CCC(=O)O)C1CC1)C1CCCCC1. The smallest absolute Gasteiger partial charge is 0.304 e. The summed E-state index contributed by atoms with van der Waals surface area (Å²) in [6.45, 7) is 3.70. The summed E-state index contributed by atoms with van der Waals surface area (Å²) in [5, 5.41) is 8.84. The standard InChI is InChI=1S/C16H28N2O3/c1-2-18(14-6-4-3-5-7-14)15(19)12-17(13-8-9-13)11-10-16(20)21/h13-14H,2-12H2,1H3,(H,20,21). The molecule has 120 valence electrons. The number of amides is 1. The molecule has 2 aliphatic rings. The van der Waals surface area contributed by atoms with Gasteiger partial charge in [0.15, 0.2) is 0 Å². The van der Waals surface area contributed by atoms with Crippen LogP contribution in [0.15, 0.2) is 0 Å². The molecule has 0 aromatic rings. The highest BCUT2D eigenvalue weighted by molar-refractivity contribution is 5.78. The number of likely N-dealkylation sites (N-methyl/N-ethyl adjacent to an activating group) is 1. The average molecular weight is 296 g/mol. The van der Waals surface area contributed by atoms with Gasteiger partial charge in [-0.15, -0.1) is 0 Å². The lowest BCUT2D eigenvalue weighted by Crippen LogP contribution is -2.47. The lowest BCUT2D eigenvalue weighted by molar-refractivity contribution is -0.139. The Labute approximate surface area is 127 Å². The van der Waals surface area contributed by atoms with Crippen LogP contribution >= 0.6 is 0 Å². The van der Waals surface area contributed by atoms with Crippen molar-refractivity contribution in [2.75, 3.05) is 19.6 Å². The number of nitrogens with zero attached hydrogens (tertiary/aromatic N) is 2. The minimum atomic E-state index is -0.785. The van der Waals surface area contributed by atoms with E-state index < -0.39 is 5.97 Å². The van der Waals surface area contributed by atoms with Gasteiger partial charge >= 0.3 is 5.97 Å². The summed E-state index contributed by atoms with van der Waals surface area (Å²) in [4.78, 5) is 27.4. The molecule has 0 aromatic heterocycles. The van der Waals surface area contributed by atoms with Gasteiger partial charge in [0.05, 0.1) is 13.0 Å². The Kier molecular flexibility index (Phi) is 6.03. The third kappa shape index (κ3) is 4.99. The van der Waals surface area contributed by atoms with E-state index in [9.17, 15) is 9.59 Å². The molecule has 0 bridgehead atoms. The maximum Gasteiger partial charge on any atom is 0.304 e. The fourth-order valence-corrected chi connectivity index (χ4v) is 3.37. The minimum Gasteiger partial charge on any atom is -0.481 e. The summed E-state index contributed by atoms with van der Waals surface area (Å²) in [6.07, 6.45) is 8.30. The van der Waals surface area contributed by atoms with Crippen LogP contribution in [0, 0.1) is 0 Å². The maximum atomic E-state index is 12.6. The molecule has 0 aromatic carbocycles. The van der Waals surface area contributed by atoms with Crippen LogP contribution in [0.1, 0.15) is 58.3 Å². The van der Waals surface area contributed by atoms with E-state index in [1.54, 1.807) is 0 Å². The van der Waals surface area contributed by atoms with Gasteiger partial charge in [-0.3, -0.25) is 14.5 Å². The molecule has 0 aliphatic heterocycles. The molecule has 0 atom stereocenters. The lowest BCUT2D eigenvalue weighted by atomic mass is 9.94. The quantitative estimate of drug-likeness (QED) is 0.745. The molecular weight excluding hydrogens is 268 g/mol. The number of hydrogen-bond acceptors (Lipinski definition) is 3. The first-order valence-corrected chi connectivity index (χ1v) is 8.37. The van der Waals surface area contributed by atoms with Crippen molar-refractivity contribution in [2.24, 2.45) is 0 Å². The molecule has 2 aliphatic carbocycles. The van der Waals surface area contributed by atoms with Crippen LogP contribution in [0.25, 0.3) is 0 Å². The van der Waals surface area contributed by atoms with E-state index in [0.717, 1.165) is 32.2 Å². The van der Waals surface area contributed by atoms with Gasteiger partial charge in [0.25, 0.3) is 0 Å². The summed E-state index contributed by atoms with van der Waals surface area (Å²) in [5.41, 5.74) is 0. The first-order chi connectivity index (χ1) is 10.1. The van der Waals surface area contributed by atoms with Crippen molar-refractivity contribution in [3.63, 3.8) is 0 Å². The highest BCUT2D eigenvalue weighted by Gasteiger charge is 2.32. The Morgan fingerprint density at radius 2 is 1.71 bits per heavy atom. The third-order valence-corrected chi connectivity index (χ3v) is 4.69. The van der Waals surface area contributed by atoms with Crippen LogP contribution < -0.4 is 0 Å². The molecule has 1 amide bonds. The van der Waals surface area contributed by atoms with Gasteiger partial charge in [-0.05, 0) is 32.6 Å². The Bertz CT molecular complexity index is 363. The Hall–Kier alpha value is -1.10. The zero-order valence-electron chi connectivity index (χ0n) is 13.1. The highest BCUT2D eigenvalue weighted by Crippen LogP contribution is 2.28. The van der Waals surface area contributed by atoms with Crippen LogP contribution in [-0.2, 0) is 9.59 Å². The second-order valence-corrected chi connectivity index (χ2v) is 6.32. The molecule has 5 heteroatoms. The molecule has 0 heterocycles. The van der Waals surface area contributed by atoms with Crippen LogP contribution in [0.3, 0.4) is 0 Å². The number of carboxylic acids is 1. The van der Waals surface area contributed by atoms with Crippen molar-refractivity contribution >= 4 is 11.9 Å². The van der Waals surface area contributed by atoms with Crippen molar-refractivity contribution in [1.29, 1.82) is 0 Å². The van der Waals surface area contributed by atoms with Crippen molar-refractivity contribution in [3.05, 3.63) is 0 Å². The van der Waals surface area contributed by atoms with Gasteiger partial charge in [0, 0.05) is 25.2 Å². The first kappa shape index (κ1) is 16.3. The lowest BCUT2D eigenvalue weighted by Gasteiger charge is -2.35. The Morgan fingerprint density at radius 1 is 1.05 bits per heavy atom. The molecule has 5 nitrogen and oxygen atoms in total. The highest BCUT2D eigenvalue weighted by atomic mass is 16.4. The Morgan fingerprint density at radius 3 is 2.24 bits per heavy atom. The molecule has 0 radical (unpaired) electrons. The van der Waals surface area contributed by atoms with E-state index in [2.05, 4.69) is 4.90 Å². The minimum absolute atomic E-state index is 0.124. The van der Waals surface area contributed by atoms with Gasteiger partial charge in [-0.1, -0.05) is 19.3 Å². The second-order valence-electron chi connectivity index (χ2n) is 6.32. The summed E-state index contributed by atoms with van der Waals surface area (Å²) in [5.74, 6) is -0.602. The topological polar surface area (TPSA) is 60.9 Å². The van der Waals surface area contributed by atoms with Crippen molar-refractivity contribution < 1.29 is 14.7 Å². The van der Waals surface area contributed by atoms with Gasteiger partial charge in [-0.2, -0.15) is 0 Å². The third-order valence-electron chi connectivity index (χ3n) is 4.69. The van der Waals surface area contributed by atoms with Crippen LogP contribution in [-0.4, -0.2) is 58.5 Å². The molecular formula is C16H28N2O3. The van der Waals surface area contributed by atoms with Crippen LogP contribution in [0.2, 0.25) is 0 Å². The first-order valence-electron chi connectivity index (χ1n) is 8.37. The van der Waals surface area contributed by atoms with E-state index in [-0.39, 0.29) is 12.3 Å². The number of rotatable bonds is 8. The normalized spacial score (nSPS) is 19.7. The van der Waals surface area contributed by atoms with Crippen LogP contribution in [0.5, 0.6) is 0 Å².